The van der Waals surface area contributed by atoms with Crippen molar-refractivity contribution in [1.82, 2.24) is 0 Å². The van der Waals surface area contributed by atoms with E-state index in [-0.39, 0.29) is 10.9 Å². The van der Waals surface area contributed by atoms with E-state index in [2.05, 4.69) is 32.0 Å². The molecule has 0 aliphatic heterocycles. The number of aromatic hydroxyl groups is 1. The van der Waals surface area contributed by atoms with Crippen LogP contribution in [0.5, 0.6) is 17.2 Å². The van der Waals surface area contributed by atoms with Crippen molar-refractivity contribution in [2.45, 2.75) is 32.0 Å². The summed E-state index contributed by atoms with van der Waals surface area (Å²) in [5, 5.41) is 11.8. The molecular formula is C25H29ClNO3P. The van der Waals surface area contributed by atoms with Crippen LogP contribution in [0.4, 0.5) is 5.69 Å². The average molecular weight is 458 g/mol. The molecule has 0 aromatic heterocycles. The zero-order valence-corrected chi connectivity index (χ0v) is 20.1. The van der Waals surface area contributed by atoms with Gasteiger partial charge in [-0.2, -0.15) is 0 Å². The van der Waals surface area contributed by atoms with E-state index in [1.54, 1.807) is 24.7 Å². The molecule has 4 nitrogen and oxygen atoms in total. The summed E-state index contributed by atoms with van der Waals surface area (Å²) in [4.78, 5) is 0. The SMILES string of the molecule is CCC(C)(Pc1ccccc1CN(Cl)c1ccccc1)c1cc(OC)cc(OC)c1O. The first kappa shape index (κ1) is 23.2. The highest BCUT2D eigenvalue weighted by atomic mass is 35.5. The second kappa shape index (κ2) is 10.3. The van der Waals surface area contributed by atoms with Crippen LogP contribution in [0.2, 0.25) is 0 Å². The molecule has 3 rings (SSSR count). The molecule has 31 heavy (non-hydrogen) atoms. The summed E-state index contributed by atoms with van der Waals surface area (Å²) in [5.74, 6) is 1.25. The van der Waals surface area contributed by atoms with E-state index < -0.39 is 0 Å². The second-order valence-corrected chi connectivity index (χ2v) is 9.85. The maximum atomic E-state index is 10.9. The van der Waals surface area contributed by atoms with E-state index in [1.165, 1.54) is 5.30 Å². The normalized spacial score (nSPS) is 13.2. The monoisotopic (exact) mass is 457 g/mol. The summed E-state index contributed by atoms with van der Waals surface area (Å²) in [6.07, 6.45) is 0.840. The van der Waals surface area contributed by atoms with E-state index in [4.69, 9.17) is 21.3 Å². The van der Waals surface area contributed by atoms with Gasteiger partial charge in [-0.1, -0.05) is 64.9 Å². The van der Waals surface area contributed by atoms with Crippen LogP contribution in [0.15, 0.2) is 66.7 Å². The topological polar surface area (TPSA) is 41.9 Å². The predicted octanol–water partition coefficient (Wildman–Crippen LogP) is 6.20. The van der Waals surface area contributed by atoms with Crippen molar-refractivity contribution >= 4 is 31.3 Å². The number of hydrogen-bond acceptors (Lipinski definition) is 4. The van der Waals surface area contributed by atoms with Gasteiger partial charge >= 0.3 is 0 Å². The molecule has 0 heterocycles. The largest absolute Gasteiger partial charge is 0.504 e. The second-order valence-electron chi connectivity index (χ2n) is 7.55. The average Bonchev–Trinajstić information content (AvgIpc) is 2.81. The maximum absolute atomic E-state index is 10.9. The summed E-state index contributed by atoms with van der Waals surface area (Å²) >= 11 is 6.60. The van der Waals surface area contributed by atoms with Gasteiger partial charge in [-0.3, -0.25) is 4.42 Å². The Hall–Kier alpha value is -2.42. The molecule has 3 aromatic rings. The standard InChI is InChI=1S/C25H29ClNO3P/c1-5-25(2,21-15-20(29-3)16-22(30-4)24(21)28)31-23-14-10-9-11-18(23)17-27(26)19-12-7-6-8-13-19/h6-16,28,31H,5,17H2,1-4H3. The van der Waals surface area contributed by atoms with Gasteiger partial charge in [0.25, 0.3) is 0 Å². The van der Waals surface area contributed by atoms with E-state index in [9.17, 15) is 5.11 Å². The van der Waals surface area contributed by atoms with Crippen LogP contribution in [0.25, 0.3) is 0 Å². The molecule has 3 aromatic carbocycles. The van der Waals surface area contributed by atoms with E-state index in [1.807, 2.05) is 42.5 Å². The molecule has 0 fully saturated rings. The molecule has 0 aliphatic rings. The summed E-state index contributed by atoms with van der Waals surface area (Å²) in [7, 11) is 3.59. The van der Waals surface area contributed by atoms with Crippen LogP contribution in [0, 0.1) is 0 Å². The number of para-hydroxylation sites is 1. The molecule has 0 saturated carbocycles. The smallest absolute Gasteiger partial charge is 0.164 e. The third-order valence-corrected chi connectivity index (χ3v) is 7.83. The first-order valence-corrected chi connectivity index (χ1v) is 11.6. The minimum absolute atomic E-state index is 0.167. The zero-order valence-electron chi connectivity index (χ0n) is 18.4. The number of halogens is 1. The molecule has 0 amide bonds. The molecule has 2 atom stereocenters. The quantitative estimate of drug-likeness (QED) is 0.307. The molecule has 1 N–H and O–H groups in total. The number of anilines is 1. The minimum Gasteiger partial charge on any atom is -0.504 e. The van der Waals surface area contributed by atoms with Crippen molar-refractivity contribution in [3.8, 4) is 17.2 Å². The fourth-order valence-corrected chi connectivity index (χ4v) is 5.37. The van der Waals surface area contributed by atoms with Crippen LogP contribution >= 0.6 is 20.4 Å². The highest BCUT2D eigenvalue weighted by Crippen LogP contribution is 2.51. The molecule has 164 valence electrons. The predicted molar refractivity (Wildman–Crippen MR) is 132 cm³/mol. The van der Waals surface area contributed by atoms with E-state index in [0.29, 0.717) is 26.6 Å². The molecule has 0 bridgehead atoms. The van der Waals surface area contributed by atoms with Gasteiger partial charge in [0.05, 0.1) is 26.5 Å². The number of hydrogen-bond donors (Lipinski definition) is 1. The van der Waals surface area contributed by atoms with Crippen molar-refractivity contribution in [3.05, 3.63) is 77.9 Å². The van der Waals surface area contributed by atoms with E-state index >= 15 is 0 Å². The Kier molecular flexibility index (Phi) is 7.69. The molecule has 0 radical (unpaired) electrons. The van der Waals surface area contributed by atoms with Gasteiger partial charge in [-0.15, -0.1) is 0 Å². The van der Waals surface area contributed by atoms with Crippen molar-refractivity contribution in [3.63, 3.8) is 0 Å². The molecule has 0 saturated heterocycles. The number of phenolic OH excluding ortho intramolecular Hbond substituents is 1. The molecule has 0 spiro atoms. The number of methoxy groups -OCH3 is 2. The molecule has 6 heteroatoms. The highest BCUT2D eigenvalue weighted by molar-refractivity contribution is 7.48. The highest BCUT2D eigenvalue weighted by Gasteiger charge is 2.31. The van der Waals surface area contributed by atoms with Crippen molar-refractivity contribution < 1.29 is 14.6 Å². The van der Waals surface area contributed by atoms with Gasteiger partial charge in [0.2, 0.25) is 0 Å². The van der Waals surface area contributed by atoms with Crippen molar-refractivity contribution in [2.75, 3.05) is 18.6 Å². The Labute approximate surface area is 191 Å². The van der Waals surface area contributed by atoms with Gasteiger partial charge < -0.3 is 14.6 Å². The maximum Gasteiger partial charge on any atom is 0.164 e. The summed E-state index contributed by atoms with van der Waals surface area (Å²) < 4.78 is 12.6. The number of phenols is 1. The Morgan fingerprint density at radius 2 is 1.68 bits per heavy atom. The Bertz CT molecular complexity index is 1010. The van der Waals surface area contributed by atoms with Crippen LogP contribution in [-0.4, -0.2) is 19.3 Å². The fourth-order valence-electron chi connectivity index (χ4n) is 3.53. The zero-order chi connectivity index (χ0) is 22.4. The molecule has 0 aliphatic carbocycles. The van der Waals surface area contributed by atoms with Gasteiger partial charge in [0.1, 0.15) is 5.75 Å². The fraction of sp³-hybridized carbons (Fsp3) is 0.280. The Morgan fingerprint density at radius 1 is 1.00 bits per heavy atom. The number of rotatable bonds is 9. The van der Waals surface area contributed by atoms with Gasteiger partial charge in [0, 0.05) is 28.6 Å². The van der Waals surface area contributed by atoms with E-state index in [0.717, 1.165) is 23.2 Å². The molecule has 2 unspecified atom stereocenters. The van der Waals surface area contributed by atoms with Gasteiger partial charge in [0.15, 0.2) is 11.5 Å². The summed E-state index contributed by atoms with van der Waals surface area (Å²) in [5.41, 5.74) is 2.94. The van der Waals surface area contributed by atoms with Crippen LogP contribution in [0.3, 0.4) is 0 Å². The number of benzene rings is 3. The lowest BCUT2D eigenvalue weighted by Gasteiger charge is -2.32. The van der Waals surface area contributed by atoms with Crippen molar-refractivity contribution in [2.24, 2.45) is 0 Å². The lowest BCUT2D eigenvalue weighted by molar-refractivity contribution is 0.357. The summed E-state index contributed by atoms with van der Waals surface area (Å²) in [6.45, 7) is 4.90. The lowest BCUT2D eigenvalue weighted by atomic mass is 9.95. The Balaban J connectivity index is 1.96. The van der Waals surface area contributed by atoms with Crippen molar-refractivity contribution in [1.29, 1.82) is 0 Å². The van der Waals surface area contributed by atoms with Crippen LogP contribution in [0.1, 0.15) is 31.4 Å². The first-order valence-electron chi connectivity index (χ1n) is 10.2. The Morgan fingerprint density at radius 3 is 2.32 bits per heavy atom. The minimum atomic E-state index is -0.300. The van der Waals surface area contributed by atoms with Crippen LogP contribution in [-0.2, 0) is 11.7 Å². The third kappa shape index (κ3) is 5.26. The van der Waals surface area contributed by atoms with Gasteiger partial charge in [-0.05, 0) is 35.5 Å². The number of ether oxygens (including phenoxy) is 2. The summed E-state index contributed by atoms with van der Waals surface area (Å²) in [6, 6.07) is 21.9. The molecular weight excluding hydrogens is 429 g/mol. The lowest BCUT2D eigenvalue weighted by Crippen LogP contribution is -2.22. The third-order valence-electron chi connectivity index (χ3n) is 5.58. The number of nitrogens with zero attached hydrogens (tertiary/aromatic N) is 1. The van der Waals surface area contributed by atoms with Gasteiger partial charge in [-0.25, -0.2) is 0 Å². The first-order chi connectivity index (χ1) is 14.9. The van der Waals surface area contributed by atoms with Crippen LogP contribution < -0.4 is 19.2 Å².